The van der Waals surface area contributed by atoms with Gasteiger partial charge in [0.2, 0.25) is 0 Å². The fourth-order valence-corrected chi connectivity index (χ4v) is 0.387. The zero-order valence-corrected chi connectivity index (χ0v) is 6.57. The third kappa shape index (κ3) is 5.43. The van der Waals surface area contributed by atoms with Crippen LogP contribution in [-0.2, 0) is 0 Å². The summed E-state index contributed by atoms with van der Waals surface area (Å²) in [5.74, 6) is 6.97. The predicted octanol–water partition coefficient (Wildman–Crippen LogP) is 2.51. The van der Waals surface area contributed by atoms with Crippen molar-refractivity contribution >= 4 is 0 Å². The van der Waals surface area contributed by atoms with Gasteiger partial charge in [0.25, 0.3) is 0 Å². The molecule has 0 aliphatic heterocycles. The van der Waals surface area contributed by atoms with Gasteiger partial charge in [0.15, 0.2) is 0 Å². The first-order valence-electron chi connectivity index (χ1n) is 3.51. The molecule has 0 aliphatic carbocycles. The summed E-state index contributed by atoms with van der Waals surface area (Å²) in [4.78, 5) is 0. The largest absolute Gasteiger partial charge is 0.0999 e. The first kappa shape index (κ1) is 8.56. The Hall–Kier alpha value is -0.440. The lowest BCUT2D eigenvalue weighted by molar-refractivity contribution is 0.720. The minimum absolute atomic E-state index is 0.277. The number of hydrogen-bond donors (Lipinski definition) is 0. The molecule has 0 heterocycles. The molecular formula is C9H15. The first-order valence-corrected chi connectivity index (χ1v) is 3.51. The Morgan fingerprint density at radius 3 is 2.22 bits per heavy atom. The second kappa shape index (κ2) is 4.44. The molecule has 0 saturated heterocycles. The molecule has 0 N–H and O–H groups in total. The average molecular weight is 123 g/mol. The molecule has 0 aromatic carbocycles. The lowest BCUT2D eigenvalue weighted by atomic mass is 10.1. The molecule has 0 amide bonds. The van der Waals surface area contributed by atoms with Gasteiger partial charge in [-0.25, -0.2) is 0 Å². The molecule has 0 heteroatoms. The maximum atomic E-state index is 3.77. The summed E-state index contributed by atoms with van der Waals surface area (Å²) in [5.41, 5.74) is 0. The molecule has 1 radical (unpaired) electrons. The summed E-state index contributed by atoms with van der Waals surface area (Å²) >= 11 is 0. The standard InChI is InChI=1S/C9H15/c1-5-9(4)7-6-8(2)3/h8-9H,2,5H2,1,3-4H3. The molecule has 0 fully saturated rings. The minimum atomic E-state index is 0.277. The quantitative estimate of drug-likeness (QED) is 0.470. The van der Waals surface area contributed by atoms with E-state index in [2.05, 4.69) is 32.6 Å². The fourth-order valence-electron chi connectivity index (χ4n) is 0.387. The Balaban J connectivity index is 3.58. The Morgan fingerprint density at radius 2 is 1.89 bits per heavy atom. The van der Waals surface area contributed by atoms with Crippen LogP contribution < -0.4 is 0 Å². The second-order valence-corrected chi connectivity index (χ2v) is 2.50. The third-order valence-electron chi connectivity index (χ3n) is 1.19. The molecule has 2 unspecified atom stereocenters. The molecule has 0 aromatic heterocycles. The average Bonchev–Trinajstić information content (AvgIpc) is 1.83. The summed E-state index contributed by atoms with van der Waals surface area (Å²) in [7, 11) is 0. The number of rotatable bonds is 1. The predicted molar refractivity (Wildman–Crippen MR) is 41.8 cm³/mol. The molecular weight excluding hydrogens is 108 g/mol. The summed E-state index contributed by atoms with van der Waals surface area (Å²) in [5, 5.41) is 0. The van der Waals surface area contributed by atoms with Gasteiger partial charge < -0.3 is 0 Å². The molecule has 0 nitrogen and oxygen atoms in total. The van der Waals surface area contributed by atoms with Gasteiger partial charge in [-0.15, -0.1) is 0 Å². The molecule has 0 rings (SSSR count). The van der Waals surface area contributed by atoms with Crippen LogP contribution in [0.25, 0.3) is 0 Å². The van der Waals surface area contributed by atoms with E-state index in [0.29, 0.717) is 5.92 Å². The van der Waals surface area contributed by atoms with E-state index in [9.17, 15) is 0 Å². The SMILES string of the molecule is [CH2]C(C)C#CC(C)CC. The molecule has 2 atom stereocenters. The van der Waals surface area contributed by atoms with Gasteiger partial charge in [-0.2, -0.15) is 0 Å². The minimum Gasteiger partial charge on any atom is -0.0999 e. The maximum Gasteiger partial charge on any atom is 0.0175 e. The van der Waals surface area contributed by atoms with Crippen molar-refractivity contribution in [2.45, 2.75) is 27.2 Å². The van der Waals surface area contributed by atoms with Crippen molar-refractivity contribution in [2.24, 2.45) is 11.8 Å². The van der Waals surface area contributed by atoms with Gasteiger partial charge in [-0.3, -0.25) is 0 Å². The van der Waals surface area contributed by atoms with Crippen molar-refractivity contribution in [1.82, 2.24) is 0 Å². The zero-order valence-electron chi connectivity index (χ0n) is 6.57. The third-order valence-corrected chi connectivity index (χ3v) is 1.19. The van der Waals surface area contributed by atoms with Crippen molar-refractivity contribution < 1.29 is 0 Å². The Labute approximate surface area is 58.7 Å². The van der Waals surface area contributed by atoms with Crippen LogP contribution in [-0.4, -0.2) is 0 Å². The van der Waals surface area contributed by atoms with Crippen LogP contribution in [0, 0.1) is 30.6 Å². The lowest BCUT2D eigenvalue weighted by Gasteiger charge is -1.95. The molecule has 9 heavy (non-hydrogen) atoms. The normalized spacial score (nSPS) is 12.6. The van der Waals surface area contributed by atoms with Crippen LogP contribution in [0.3, 0.4) is 0 Å². The fraction of sp³-hybridized carbons (Fsp3) is 0.667. The maximum absolute atomic E-state index is 3.77. The molecule has 0 spiro atoms. The van der Waals surface area contributed by atoms with E-state index in [1.807, 2.05) is 6.92 Å². The lowest BCUT2D eigenvalue weighted by Crippen LogP contribution is -1.87. The van der Waals surface area contributed by atoms with Crippen LogP contribution in [0.15, 0.2) is 0 Å². The Bertz CT molecular complexity index is 112. The Morgan fingerprint density at radius 1 is 1.33 bits per heavy atom. The summed E-state index contributed by atoms with van der Waals surface area (Å²) in [6.45, 7) is 10.1. The van der Waals surface area contributed by atoms with Crippen molar-refractivity contribution in [1.29, 1.82) is 0 Å². The molecule has 0 aromatic rings. The van der Waals surface area contributed by atoms with Gasteiger partial charge >= 0.3 is 0 Å². The van der Waals surface area contributed by atoms with Gasteiger partial charge in [-0.05, 0) is 13.3 Å². The van der Waals surface area contributed by atoms with E-state index in [4.69, 9.17) is 0 Å². The van der Waals surface area contributed by atoms with E-state index in [1.165, 1.54) is 0 Å². The van der Waals surface area contributed by atoms with Crippen LogP contribution >= 0.6 is 0 Å². The van der Waals surface area contributed by atoms with Crippen LogP contribution in [0.4, 0.5) is 0 Å². The molecule has 51 valence electrons. The van der Waals surface area contributed by atoms with E-state index < -0.39 is 0 Å². The highest BCUT2D eigenvalue weighted by Crippen LogP contribution is 1.97. The molecule has 0 aliphatic rings. The van der Waals surface area contributed by atoms with Crippen molar-refractivity contribution in [2.75, 3.05) is 0 Å². The van der Waals surface area contributed by atoms with Gasteiger partial charge in [0.1, 0.15) is 0 Å². The van der Waals surface area contributed by atoms with E-state index in [0.717, 1.165) is 6.42 Å². The number of hydrogen-bond acceptors (Lipinski definition) is 0. The van der Waals surface area contributed by atoms with E-state index in [1.54, 1.807) is 0 Å². The summed E-state index contributed by atoms with van der Waals surface area (Å²) < 4.78 is 0. The van der Waals surface area contributed by atoms with Gasteiger partial charge in [0.05, 0.1) is 0 Å². The van der Waals surface area contributed by atoms with Crippen LogP contribution in [0.2, 0.25) is 0 Å². The molecule has 0 bridgehead atoms. The highest BCUT2D eigenvalue weighted by atomic mass is 13.9. The van der Waals surface area contributed by atoms with Crippen molar-refractivity contribution in [3.05, 3.63) is 6.92 Å². The molecule has 0 saturated carbocycles. The summed E-state index contributed by atoms with van der Waals surface area (Å²) in [6.07, 6.45) is 1.14. The second-order valence-electron chi connectivity index (χ2n) is 2.50. The zero-order chi connectivity index (χ0) is 7.28. The van der Waals surface area contributed by atoms with Crippen molar-refractivity contribution in [3.8, 4) is 11.8 Å². The highest BCUT2D eigenvalue weighted by Gasteiger charge is 1.89. The van der Waals surface area contributed by atoms with Crippen LogP contribution in [0.1, 0.15) is 27.2 Å². The monoisotopic (exact) mass is 123 g/mol. The highest BCUT2D eigenvalue weighted by molar-refractivity contribution is 5.05. The topological polar surface area (TPSA) is 0 Å². The Kier molecular flexibility index (Phi) is 4.22. The first-order chi connectivity index (χ1) is 4.16. The summed E-state index contributed by atoms with van der Waals surface area (Å²) in [6, 6.07) is 0. The van der Waals surface area contributed by atoms with Gasteiger partial charge in [0, 0.05) is 11.8 Å². The van der Waals surface area contributed by atoms with Crippen LogP contribution in [0.5, 0.6) is 0 Å². The van der Waals surface area contributed by atoms with Gasteiger partial charge in [-0.1, -0.05) is 32.6 Å². The smallest absolute Gasteiger partial charge is 0.0175 e. The van der Waals surface area contributed by atoms with E-state index >= 15 is 0 Å². The van der Waals surface area contributed by atoms with E-state index in [-0.39, 0.29) is 5.92 Å². The van der Waals surface area contributed by atoms with Crippen molar-refractivity contribution in [3.63, 3.8) is 0 Å².